The summed E-state index contributed by atoms with van der Waals surface area (Å²) in [6, 6.07) is 57.4. The molecule has 0 unspecified atom stereocenters. The molecule has 7 aromatic rings. The minimum atomic E-state index is -0.113. The Morgan fingerprint density at radius 3 is 1.49 bits per heavy atom. The Bertz CT molecular complexity index is 2660. The molecule has 0 fully saturated rings. The smallest absolute Gasteiger partial charge is 0.0540 e. The normalized spacial score (nSPS) is 14.8. The number of anilines is 3. The van der Waals surface area contributed by atoms with Gasteiger partial charge in [0.05, 0.1) is 5.69 Å². The molecule has 0 saturated heterocycles. The molecule has 57 heavy (non-hydrogen) atoms. The van der Waals surface area contributed by atoms with E-state index in [-0.39, 0.29) is 21.7 Å². The fraction of sp³-hybridized carbons (Fsp3) is 0.250. The average Bonchev–Trinajstić information content (AvgIpc) is 3.57. The van der Waals surface area contributed by atoms with Crippen LogP contribution in [0.2, 0.25) is 0 Å². The van der Waals surface area contributed by atoms with Crippen LogP contribution in [0, 0.1) is 0 Å². The van der Waals surface area contributed by atoms with Crippen LogP contribution in [-0.2, 0) is 21.7 Å². The van der Waals surface area contributed by atoms with Crippen molar-refractivity contribution in [2.45, 2.75) is 90.9 Å². The van der Waals surface area contributed by atoms with Gasteiger partial charge in [0, 0.05) is 27.8 Å². The molecule has 0 saturated carbocycles. The molecule has 2 aliphatic rings. The number of nitrogens with zero attached hydrogens (tertiary/aromatic N) is 1. The van der Waals surface area contributed by atoms with Gasteiger partial charge >= 0.3 is 0 Å². The van der Waals surface area contributed by atoms with E-state index < -0.39 is 0 Å². The van der Waals surface area contributed by atoms with Crippen molar-refractivity contribution in [3.63, 3.8) is 0 Å². The van der Waals surface area contributed by atoms with Crippen LogP contribution in [0.1, 0.15) is 103 Å². The van der Waals surface area contributed by atoms with Gasteiger partial charge in [-0.25, -0.2) is 0 Å². The first-order valence-corrected chi connectivity index (χ1v) is 20.7. The van der Waals surface area contributed by atoms with E-state index in [0.717, 1.165) is 11.4 Å². The van der Waals surface area contributed by atoms with Gasteiger partial charge in [0.15, 0.2) is 0 Å². The maximum absolute atomic E-state index is 2.49. The maximum Gasteiger partial charge on any atom is 0.0540 e. The van der Waals surface area contributed by atoms with Crippen LogP contribution < -0.4 is 4.90 Å². The highest BCUT2D eigenvalue weighted by molar-refractivity contribution is 5.92. The molecular formula is C56H55N. The summed E-state index contributed by atoms with van der Waals surface area (Å²) in [7, 11) is 0. The quantitative estimate of drug-likeness (QED) is 0.170. The van der Waals surface area contributed by atoms with Gasteiger partial charge in [-0.05, 0) is 113 Å². The third-order valence-electron chi connectivity index (χ3n) is 13.0. The van der Waals surface area contributed by atoms with Crippen molar-refractivity contribution in [1.29, 1.82) is 0 Å². The lowest BCUT2D eigenvalue weighted by Gasteiger charge is -2.31. The average molecular weight is 742 g/mol. The van der Waals surface area contributed by atoms with Gasteiger partial charge in [-0.15, -0.1) is 0 Å². The number of rotatable bonds is 5. The van der Waals surface area contributed by atoms with Gasteiger partial charge in [-0.1, -0.05) is 191 Å². The number of fused-ring (bicyclic) bond motifs is 6. The van der Waals surface area contributed by atoms with Crippen LogP contribution in [-0.4, -0.2) is 0 Å². The summed E-state index contributed by atoms with van der Waals surface area (Å²) in [5, 5.41) is 0. The number of benzene rings is 7. The molecule has 9 rings (SSSR count). The van der Waals surface area contributed by atoms with E-state index in [1.165, 1.54) is 83.6 Å². The third kappa shape index (κ3) is 5.97. The lowest BCUT2D eigenvalue weighted by Crippen LogP contribution is -2.17. The molecule has 7 aromatic carbocycles. The largest absolute Gasteiger partial charge is 0.310 e. The number of hydrogen-bond acceptors (Lipinski definition) is 1. The van der Waals surface area contributed by atoms with Crippen molar-refractivity contribution in [2.24, 2.45) is 0 Å². The van der Waals surface area contributed by atoms with E-state index >= 15 is 0 Å². The predicted octanol–water partition coefficient (Wildman–Crippen LogP) is 15.7. The zero-order chi connectivity index (χ0) is 40.1. The topological polar surface area (TPSA) is 3.24 Å². The van der Waals surface area contributed by atoms with Gasteiger partial charge in [0.25, 0.3) is 0 Å². The van der Waals surface area contributed by atoms with Gasteiger partial charge in [0.2, 0.25) is 0 Å². The summed E-state index contributed by atoms with van der Waals surface area (Å²) in [6.07, 6.45) is 0. The Labute approximate surface area is 341 Å². The maximum atomic E-state index is 2.49. The Kier molecular flexibility index (Phi) is 8.38. The second-order valence-electron chi connectivity index (χ2n) is 19.5. The van der Waals surface area contributed by atoms with Crippen LogP contribution >= 0.6 is 0 Å². The highest BCUT2D eigenvalue weighted by Crippen LogP contribution is 2.54. The van der Waals surface area contributed by atoms with E-state index in [0.29, 0.717) is 0 Å². The van der Waals surface area contributed by atoms with Crippen molar-refractivity contribution in [2.75, 3.05) is 4.90 Å². The van der Waals surface area contributed by atoms with Crippen molar-refractivity contribution in [1.82, 2.24) is 0 Å². The summed E-state index contributed by atoms with van der Waals surface area (Å²) < 4.78 is 0. The van der Waals surface area contributed by atoms with Crippen molar-refractivity contribution < 1.29 is 0 Å². The standard InChI is InChI=1S/C56H55N/c1-53(2,3)38-32-37(33-39(34-38)54(4,5)6)42-18-13-16-25-51(42)57(41-30-31-46-44-19-11-14-23-48(44)55(7,8)50(46)35-41)40-28-26-36(27-29-40)43-21-17-22-47-45-20-12-15-24-49(45)56(9,10)52(43)47/h11-35H,1-10H3. The molecule has 284 valence electrons. The van der Waals surface area contributed by atoms with Crippen LogP contribution in [0.4, 0.5) is 17.1 Å². The number of para-hydroxylation sites is 1. The van der Waals surface area contributed by atoms with Crippen LogP contribution in [0.5, 0.6) is 0 Å². The van der Waals surface area contributed by atoms with E-state index in [2.05, 4.69) is 226 Å². The zero-order valence-electron chi connectivity index (χ0n) is 35.4. The Morgan fingerprint density at radius 1 is 0.368 bits per heavy atom. The van der Waals surface area contributed by atoms with Crippen LogP contribution in [0.3, 0.4) is 0 Å². The van der Waals surface area contributed by atoms with Gasteiger partial charge in [-0.2, -0.15) is 0 Å². The summed E-state index contributed by atoms with van der Waals surface area (Å²) in [4.78, 5) is 2.49. The molecule has 0 spiro atoms. The molecule has 2 aliphatic carbocycles. The first-order valence-electron chi connectivity index (χ1n) is 20.7. The molecular weight excluding hydrogens is 687 g/mol. The molecule has 0 aromatic heterocycles. The summed E-state index contributed by atoms with van der Waals surface area (Å²) in [5.74, 6) is 0. The van der Waals surface area contributed by atoms with Gasteiger partial charge in [0.1, 0.15) is 0 Å². The molecule has 0 amide bonds. The lowest BCUT2D eigenvalue weighted by molar-refractivity contribution is 0.569. The van der Waals surface area contributed by atoms with Gasteiger partial charge in [-0.3, -0.25) is 0 Å². The summed E-state index contributed by atoms with van der Waals surface area (Å²) in [6.45, 7) is 23.4. The monoisotopic (exact) mass is 741 g/mol. The van der Waals surface area contributed by atoms with E-state index in [1.54, 1.807) is 0 Å². The van der Waals surface area contributed by atoms with Crippen LogP contribution in [0.25, 0.3) is 44.5 Å². The summed E-state index contributed by atoms with van der Waals surface area (Å²) in [5.41, 5.74) is 22.0. The third-order valence-corrected chi connectivity index (χ3v) is 13.0. The second-order valence-corrected chi connectivity index (χ2v) is 19.5. The lowest BCUT2D eigenvalue weighted by atomic mass is 9.78. The van der Waals surface area contributed by atoms with E-state index in [1.807, 2.05) is 0 Å². The fourth-order valence-electron chi connectivity index (χ4n) is 9.70. The Hall–Kier alpha value is -5.66. The predicted molar refractivity (Wildman–Crippen MR) is 245 cm³/mol. The molecule has 0 bridgehead atoms. The molecule has 1 nitrogen and oxygen atoms in total. The minimum absolute atomic E-state index is 0.00853. The van der Waals surface area contributed by atoms with Gasteiger partial charge < -0.3 is 4.90 Å². The Balaban J connectivity index is 1.23. The second kappa shape index (κ2) is 12.9. The highest BCUT2D eigenvalue weighted by Gasteiger charge is 2.38. The molecule has 0 radical (unpaired) electrons. The molecule has 0 aliphatic heterocycles. The molecule has 1 heteroatoms. The molecule has 0 N–H and O–H groups in total. The summed E-state index contributed by atoms with van der Waals surface area (Å²) >= 11 is 0. The van der Waals surface area contributed by atoms with E-state index in [4.69, 9.17) is 0 Å². The SMILES string of the molecule is CC(C)(C)c1cc(-c2ccccc2N(c2ccc(-c3cccc4c3C(C)(C)c3ccccc3-4)cc2)c2ccc3c(c2)C(C)(C)c2ccccc2-3)cc(C(C)(C)C)c1. The van der Waals surface area contributed by atoms with Crippen molar-refractivity contribution in [3.05, 3.63) is 185 Å². The van der Waals surface area contributed by atoms with Crippen molar-refractivity contribution >= 4 is 17.1 Å². The van der Waals surface area contributed by atoms with E-state index in [9.17, 15) is 0 Å². The first-order chi connectivity index (χ1) is 27.0. The Morgan fingerprint density at radius 2 is 0.860 bits per heavy atom. The molecule has 0 heterocycles. The first kappa shape index (κ1) is 36.9. The zero-order valence-corrected chi connectivity index (χ0v) is 35.4. The number of hydrogen-bond donors (Lipinski definition) is 0. The molecule has 0 atom stereocenters. The minimum Gasteiger partial charge on any atom is -0.310 e. The van der Waals surface area contributed by atoms with Crippen molar-refractivity contribution in [3.8, 4) is 44.5 Å². The fourth-order valence-corrected chi connectivity index (χ4v) is 9.70. The van der Waals surface area contributed by atoms with Crippen LogP contribution in [0.15, 0.2) is 152 Å². The highest BCUT2D eigenvalue weighted by atomic mass is 15.1.